The van der Waals surface area contributed by atoms with Gasteiger partial charge in [0.2, 0.25) is 0 Å². The van der Waals surface area contributed by atoms with Crippen LogP contribution in [0, 0.1) is 0 Å². The number of anilines is 6. The Balaban J connectivity index is 1.03. The molecule has 0 amide bonds. The van der Waals surface area contributed by atoms with Gasteiger partial charge in [0.15, 0.2) is 0 Å². The van der Waals surface area contributed by atoms with Crippen molar-refractivity contribution >= 4 is 152 Å². The van der Waals surface area contributed by atoms with Crippen LogP contribution in [0.1, 0.15) is 0 Å². The SMILES string of the molecule is C[Si](C)(C)c1cc(N(c2ccc3c(-c4ccccc4)c4cc(N(c5cc([Si](C)(C)C)cc([Si](C)(C)C)c5)c5cc6ccc(-c7ccccc7)cc6c6ccccc56)ccc4c(-c4ccccc4)c3c2)c2cc3ccc(-c4ccccc4)cc3c3ccccc23)cc([Si](C)(C)C)c1. The molecule has 0 atom stereocenters. The molecule has 0 N–H and O–H groups in total. The van der Waals surface area contributed by atoms with Crippen molar-refractivity contribution < 1.29 is 0 Å². The Labute approximate surface area is 571 Å². The molecule has 0 bridgehead atoms. The topological polar surface area (TPSA) is 6.48 Å². The van der Waals surface area contributed by atoms with Crippen molar-refractivity contribution in [2.75, 3.05) is 9.80 Å². The minimum absolute atomic E-state index is 1.13. The van der Waals surface area contributed by atoms with E-state index in [1.807, 2.05) is 0 Å². The predicted molar refractivity (Wildman–Crippen MR) is 435 cm³/mol. The van der Waals surface area contributed by atoms with E-state index < -0.39 is 32.3 Å². The van der Waals surface area contributed by atoms with E-state index in [4.69, 9.17) is 0 Å². The predicted octanol–water partition coefficient (Wildman–Crippen LogP) is 24.4. The summed E-state index contributed by atoms with van der Waals surface area (Å²) >= 11 is 0. The van der Waals surface area contributed by atoms with E-state index in [-0.39, 0.29) is 0 Å². The zero-order valence-corrected chi connectivity index (χ0v) is 61.6. The van der Waals surface area contributed by atoms with Crippen molar-refractivity contribution in [3.8, 4) is 44.5 Å². The Morgan fingerprint density at radius 3 is 0.812 bits per heavy atom. The van der Waals surface area contributed by atoms with E-state index in [1.165, 1.54) is 153 Å². The summed E-state index contributed by atoms with van der Waals surface area (Å²) in [5, 5.41) is 20.6. The van der Waals surface area contributed by atoms with E-state index in [0.29, 0.717) is 0 Å². The van der Waals surface area contributed by atoms with Crippen LogP contribution < -0.4 is 30.5 Å². The summed E-state index contributed by atoms with van der Waals surface area (Å²) in [5.74, 6) is 0. The molecule has 0 aliphatic heterocycles. The van der Waals surface area contributed by atoms with Crippen molar-refractivity contribution in [3.05, 3.63) is 291 Å². The van der Waals surface area contributed by atoms with Crippen molar-refractivity contribution in [2.24, 2.45) is 0 Å². The van der Waals surface area contributed by atoms with Gasteiger partial charge in [-0.1, -0.05) is 318 Å². The summed E-state index contributed by atoms with van der Waals surface area (Å²) in [7, 11) is -7.42. The van der Waals surface area contributed by atoms with Gasteiger partial charge >= 0.3 is 0 Å². The van der Waals surface area contributed by atoms with Crippen LogP contribution in [-0.2, 0) is 0 Å². The van der Waals surface area contributed by atoms with Gasteiger partial charge in [0.1, 0.15) is 0 Å². The minimum Gasteiger partial charge on any atom is -0.310 e. The maximum absolute atomic E-state index is 2.63. The normalized spacial score (nSPS) is 12.4. The molecule has 0 saturated heterocycles. The molecule has 0 aliphatic carbocycles. The lowest BCUT2D eigenvalue weighted by Gasteiger charge is -2.32. The molecule has 15 aromatic rings. The number of benzene rings is 15. The summed E-state index contributed by atoms with van der Waals surface area (Å²) in [6.45, 7) is 30.0. The van der Waals surface area contributed by atoms with Gasteiger partial charge < -0.3 is 9.80 Å². The van der Waals surface area contributed by atoms with Crippen LogP contribution in [0.4, 0.5) is 34.1 Å². The largest absolute Gasteiger partial charge is 0.310 e. The fourth-order valence-corrected chi connectivity index (χ4v) is 19.5. The molecule has 0 saturated carbocycles. The molecule has 0 spiro atoms. The first-order valence-corrected chi connectivity index (χ1v) is 48.2. The second kappa shape index (κ2) is 24.2. The summed E-state index contributed by atoms with van der Waals surface area (Å²) in [5.41, 5.74) is 16.7. The zero-order chi connectivity index (χ0) is 66.4. The van der Waals surface area contributed by atoms with E-state index in [2.05, 4.69) is 380 Å². The molecule has 15 aromatic carbocycles. The molecule has 96 heavy (non-hydrogen) atoms. The van der Waals surface area contributed by atoms with Gasteiger partial charge in [-0.15, -0.1) is 0 Å². The summed E-state index contributed by atoms with van der Waals surface area (Å²) < 4.78 is 0. The molecule has 0 heterocycles. The lowest BCUT2D eigenvalue weighted by atomic mass is 9.85. The van der Waals surface area contributed by atoms with Crippen LogP contribution in [0.5, 0.6) is 0 Å². The second-order valence-electron chi connectivity index (χ2n) is 30.6. The molecular weight excluding hydrogens is 1220 g/mol. The van der Waals surface area contributed by atoms with Crippen LogP contribution in [0.25, 0.3) is 109 Å². The van der Waals surface area contributed by atoms with Crippen LogP contribution in [-0.4, -0.2) is 32.3 Å². The van der Waals surface area contributed by atoms with Crippen molar-refractivity contribution in [1.82, 2.24) is 0 Å². The number of hydrogen-bond donors (Lipinski definition) is 0. The minimum atomic E-state index is -1.85. The third-order valence-electron chi connectivity index (χ3n) is 19.9. The Morgan fingerprint density at radius 1 is 0.188 bits per heavy atom. The lowest BCUT2D eigenvalue weighted by molar-refractivity contribution is 1.31. The zero-order valence-electron chi connectivity index (χ0n) is 57.6. The number of hydrogen-bond acceptors (Lipinski definition) is 2. The second-order valence-corrected chi connectivity index (χ2v) is 50.9. The number of fused-ring (bicyclic) bond motifs is 8. The first kappa shape index (κ1) is 62.4. The Bertz CT molecular complexity index is 5090. The standard InChI is InChI=1S/C90H84N2Si4/c1-93(2,3)73-53-71(54-74(59-73)94(4,5)6)91(87-51-67-43-41-65(61-29-17-13-18-30-61)49-83(67)77-37-25-27-39-79(77)87)69-45-47-81-85(57-69)89(63-33-21-15-22-34-63)82-48-46-70(58-86(82)90(81)64-35-23-16-24-36-64)92(72-55-75(95(7,8)9)60-76(56-72)96(10,11)12)88-52-68-44-42-66(62-31-19-14-20-32-62)50-84(68)78-38-26-28-40-80(78)88/h13-60H,1-12H3. The van der Waals surface area contributed by atoms with Crippen LogP contribution in [0.3, 0.4) is 0 Å². The molecule has 2 nitrogen and oxygen atoms in total. The number of rotatable bonds is 14. The first-order valence-electron chi connectivity index (χ1n) is 34.2. The highest BCUT2D eigenvalue weighted by Gasteiger charge is 2.30. The van der Waals surface area contributed by atoms with Gasteiger partial charge in [0.05, 0.1) is 43.7 Å². The van der Waals surface area contributed by atoms with E-state index in [0.717, 1.165) is 11.4 Å². The molecule has 15 rings (SSSR count). The average molecular weight is 1310 g/mol. The van der Waals surface area contributed by atoms with E-state index in [1.54, 1.807) is 0 Å². The highest BCUT2D eigenvalue weighted by Crippen LogP contribution is 2.51. The highest BCUT2D eigenvalue weighted by molar-refractivity contribution is 6.92. The van der Waals surface area contributed by atoms with Gasteiger partial charge in [0, 0.05) is 33.5 Å². The molecule has 0 radical (unpaired) electrons. The third kappa shape index (κ3) is 11.6. The maximum Gasteiger partial charge on any atom is 0.0776 e. The third-order valence-corrected chi connectivity index (χ3v) is 28.0. The fraction of sp³-hybridized carbons (Fsp3) is 0.133. The van der Waals surface area contributed by atoms with Gasteiger partial charge in [-0.25, -0.2) is 0 Å². The molecule has 0 fully saturated rings. The molecular formula is C90H84N2Si4. The lowest BCUT2D eigenvalue weighted by Crippen LogP contribution is -2.45. The summed E-state index contributed by atoms with van der Waals surface area (Å²) in [6, 6.07) is 112. The monoisotopic (exact) mass is 1300 g/mol. The van der Waals surface area contributed by atoms with E-state index in [9.17, 15) is 0 Å². The quantitative estimate of drug-likeness (QED) is 0.0608. The maximum atomic E-state index is 2.63. The Morgan fingerprint density at radius 2 is 0.490 bits per heavy atom. The van der Waals surface area contributed by atoms with Crippen LogP contribution >= 0.6 is 0 Å². The van der Waals surface area contributed by atoms with Gasteiger partial charge in [-0.2, -0.15) is 0 Å². The highest BCUT2D eigenvalue weighted by atomic mass is 28.3. The van der Waals surface area contributed by atoms with Crippen LogP contribution in [0.15, 0.2) is 291 Å². The van der Waals surface area contributed by atoms with Crippen molar-refractivity contribution in [2.45, 2.75) is 78.6 Å². The van der Waals surface area contributed by atoms with E-state index >= 15 is 0 Å². The van der Waals surface area contributed by atoms with Gasteiger partial charge in [0.25, 0.3) is 0 Å². The Hall–Kier alpha value is -9.67. The first-order chi connectivity index (χ1) is 46.1. The smallest absolute Gasteiger partial charge is 0.0776 e. The molecule has 0 aliphatic rings. The van der Waals surface area contributed by atoms with Crippen molar-refractivity contribution in [1.29, 1.82) is 0 Å². The van der Waals surface area contributed by atoms with Crippen LogP contribution in [0.2, 0.25) is 78.6 Å². The van der Waals surface area contributed by atoms with Gasteiger partial charge in [-0.05, 0) is 171 Å². The summed E-state index contributed by atoms with van der Waals surface area (Å²) in [4.78, 5) is 5.25. The number of nitrogens with zero attached hydrogens (tertiary/aromatic N) is 2. The fourth-order valence-electron chi connectivity index (χ4n) is 14.5. The van der Waals surface area contributed by atoms with Gasteiger partial charge in [-0.3, -0.25) is 0 Å². The van der Waals surface area contributed by atoms with Crippen molar-refractivity contribution in [3.63, 3.8) is 0 Å². The molecule has 470 valence electrons. The molecule has 0 unspecified atom stereocenters. The average Bonchev–Trinajstić information content (AvgIpc) is 0.729. The Kier molecular flexibility index (Phi) is 15.7. The summed E-state index contributed by atoms with van der Waals surface area (Å²) in [6.07, 6.45) is 0. The molecule has 0 aromatic heterocycles. The molecule has 6 heteroatoms.